The van der Waals surface area contributed by atoms with Crippen LogP contribution in [0.3, 0.4) is 0 Å². The molecular weight excluding hydrogens is 208 g/mol. The predicted octanol–water partition coefficient (Wildman–Crippen LogP) is 4.03. The molecule has 0 amide bonds. The van der Waals surface area contributed by atoms with Crippen molar-refractivity contribution in [1.29, 1.82) is 0 Å². The summed E-state index contributed by atoms with van der Waals surface area (Å²) in [6, 6.07) is 0.570. The van der Waals surface area contributed by atoms with Crippen molar-refractivity contribution in [3.05, 3.63) is 18.2 Å². The number of unbranched alkanes of at least 4 members (excludes halogenated alkanes) is 5. The summed E-state index contributed by atoms with van der Waals surface area (Å²) in [5.41, 5.74) is 0. The van der Waals surface area contributed by atoms with Crippen molar-refractivity contribution in [2.24, 2.45) is 0 Å². The first-order valence-electron chi connectivity index (χ1n) is 7.23. The molecule has 2 heteroatoms. The normalized spacial score (nSPS) is 11.4. The summed E-state index contributed by atoms with van der Waals surface area (Å²) in [7, 11) is 0. The zero-order valence-corrected chi connectivity index (χ0v) is 12.1. The van der Waals surface area contributed by atoms with E-state index in [0.717, 1.165) is 0 Å². The Morgan fingerprint density at radius 2 is 1.76 bits per heavy atom. The monoisotopic (exact) mass is 237 g/mol. The molecular formula is C15H29N2+. The molecule has 0 unspecified atom stereocenters. The average molecular weight is 237 g/mol. The number of aryl methyl sites for hydroxylation is 1. The fraction of sp³-hybridized carbons (Fsp3) is 0.800. The average Bonchev–Trinajstić information content (AvgIpc) is 2.65. The fourth-order valence-electron chi connectivity index (χ4n) is 2.36. The van der Waals surface area contributed by atoms with E-state index in [0.29, 0.717) is 6.04 Å². The highest BCUT2D eigenvalue weighted by Gasteiger charge is 2.13. The van der Waals surface area contributed by atoms with E-state index in [1.807, 2.05) is 0 Å². The minimum absolute atomic E-state index is 0.570. The summed E-state index contributed by atoms with van der Waals surface area (Å²) in [6.07, 6.45) is 12.7. The summed E-state index contributed by atoms with van der Waals surface area (Å²) in [4.78, 5) is 0. The number of nitrogens with zero attached hydrogens (tertiary/aromatic N) is 2. The molecule has 1 rings (SSSR count). The van der Waals surface area contributed by atoms with Crippen LogP contribution in [0.5, 0.6) is 0 Å². The molecule has 0 aliphatic heterocycles. The van der Waals surface area contributed by atoms with Gasteiger partial charge in [0, 0.05) is 6.92 Å². The van der Waals surface area contributed by atoms with Gasteiger partial charge in [0.25, 0.3) is 5.82 Å². The molecule has 0 aromatic carbocycles. The molecule has 98 valence electrons. The lowest BCUT2D eigenvalue weighted by molar-refractivity contribution is -0.703. The Morgan fingerprint density at radius 1 is 1.12 bits per heavy atom. The standard InChI is InChI=1S/C15H29N2/c1-5-6-7-8-9-10-11-16-12-13-17(14(2)3)15(16)4/h12-14H,5-11H2,1-4H3/q+1. The van der Waals surface area contributed by atoms with Crippen LogP contribution >= 0.6 is 0 Å². The van der Waals surface area contributed by atoms with Crippen LogP contribution in [0.1, 0.15) is 71.2 Å². The fourth-order valence-corrected chi connectivity index (χ4v) is 2.36. The van der Waals surface area contributed by atoms with E-state index in [2.05, 4.69) is 49.2 Å². The van der Waals surface area contributed by atoms with E-state index < -0.39 is 0 Å². The third kappa shape index (κ3) is 4.53. The van der Waals surface area contributed by atoms with E-state index in [-0.39, 0.29) is 0 Å². The van der Waals surface area contributed by atoms with Gasteiger partial charge in [0.1, 0.15) is 12.4 Å². The Hall–Kier alpha value is -0.790. The van der Waals surface area contributed by atoms with Gasteiger partial charge in [0.15, 0.2) is 0 Å². The smallest absolute Gasteiger partial charge is 0.234 e. The molecule has 0 radical (unpaired) electrons. The van der Waals surface area contributed by atoms with Crippen molar-refractivity contribution in [2.45, 2.75) is 78.8 Å². The van der Waals surface area contributed by atoms with Crippen molar-refractivity contribution in [1.82, 2.24) is 4.57 Å². The molecule has 2 nitrogen and oxygen atoms in total. The second kappa shape index (κ2) is 7.52. The van der Waals surface area contributed by atoms with Crippen LogP contribution < -0.4 is 4.57 Å². The number of rotatable bonds is 8. The van der Waals surface area contributed by atoms with E-state index in [9.17, 15) is 0 Å². The molecule has 0 atom stereocenters. The van der Waals surface area contributed by atoms with Crippen molar-refractivity contribution < 1.29 is 4.57 Å². The Kier molecular flexibility index (Phi) is 6.31. The van der Waals surface area contributed by atoms with Gasteiger partial charge in [-0.2, -0.15) is 0 Å². The molecule has 1 aromatic rings. The third-order valence-electron chi connectivity index (χ3n) is 3.51. The lowest BCUT2D eigenvalue weighted by Gasteiger charge is -2.04. The molecule has 0 fully saturated rings. The second-order valence-electron chi connectivity index (χ2n) is 5.31. The van der Waals surface area contributed by atoms with Gasteiger partial charge in [-0.15, -0.1) is 0 Å². The number of imidazole rings is 1. The largest absolute Gasteiger partial charge is 0.253 e. The number of aromatic nitrogens is 2. The first kappa shape index (κ1) is 14.3. The van der Waals surface area contributed by atoms with E-state index in [1.165, 1.54) is 50.9 Å². The molecule has 17 heavy (non-hydrogen) atoms. The molecule has 0 bridgehead atoms. The first-order valence-corrected chi connectivity index (χ1v) is 7.23. The zero-order chi connectivity index (χ0) is 12.7. The molecule has 1 heterocycles. The van der Waals surface area contributed by atoms with E-state index in [1.54, 1.807) is 0 Å². The van der Waals surface area contributed by atoms with Gasteiger partial charge < -0.3 is 0 Å². The van der Waals surface area contributed by atoms with Gasteiger partial charge in [-0.3, -0.25) is 0 Å². The van der Waals surface area contributed by atoms with Crippen LogP contribution in [0, 0.1) is 6.92 Å². The highest BCUT2D eigenvalue weighted by molar-refractivity contribution is 4.82. The maximum Gasteiger partial charge on any atom is 0.253 e. The molecule has 0 spiro atoms. The maximum atomic E-state index is 2.39. The summed E-state index contributed by atoms with van der Waals surface area (Å²) in [6.45, 7) is 10.1. The SMILES string of the molecule is CCCCCCCC[n+]1ccn(C(C)C)c1C. The van der Waals surface area contributed by atoms with Gasteiger partial charge in [-0.1, -0.05) is 32.6 Å². The van der Waals surface area contributed by atoms with Gasteiger partial charge >= 0.3 is 0 Å². The molecule has 1 aromatic heterocycles. The summed E-state index contributed by atoms with van der Waals surface area (Å²) in [5, 5.41) is 0. The van der Waals surface area contributed by atoms with Crippen LogP contribution in [-0.2, 0) is 6.54 Å². The summed E-state index contributed by atoms with van der Waals surface area (Å²) < 4.78 is 4.73. The Labute approximate surface area is 107 Å². The summed E-state index contributed by atoms with van der Waals surface area (Å²) in [5.74, 6) is 1.38. The molecule has 0 aliphatic rings. The minimum atomic E-state index is 0.570. The van der Waals surface area contributed by atoms with Crippen LogP contribution in [0.4, 0.5) is 0 Å². The zero-order valence-electron chi connectivity index (χ0n) is 12.1. The minimum Gasteiger partial charge on any atom is -0.234 e. The van der Waals surface area contributed by atoms with E-state index in [4.69, 9.17) is 0 Å². The quantitative estimate of drug-likeness (QED) is 0.477. The Balaban J connectivity index is 2.27. The molecule has 0 saturated carbocycles. The van der Waals surface area contributed by atoms with Crippen molar-refractivity contribution in [3.8, 4) is 0 Å². The van der Waals surface area contributed by atoms with Crippen LogP contribution in [0.2, 0.25) is 0 Å². The van der Waals surface area contributed by atoms with Crippen molar-refractivity contribution in [3.63, 3.8) is 0 Å². The highest BCUT2D eigenvalue weighted by atomic mass is 15.2. The molecule has 0 N–H and O–H groups in total. The van der Waals surface area contributed by atoms with Gasteiger partial charge in [0.05, 0.1) is 12.6 Å². The topological polar surface area (TPSA) is 8.81 Å². The first-order chi connectivity index (χ1) is 8.16. The lowest BCUT2D eigenvalue weighted by Crippen LogP contribution is -2.35. The van der Waals surface area contributed by atoms with E-state index >= 15 is 0 Å². The van der Waals surface area contributed by atoms with Gasteiger partial charge in [-0.25, -0.2) is 9.13 Å². The summed E-state index contributed by atoms with van der Waals surface area (Å²) >= 11 is 0. The van der Waals surface area contributed by atoms with Gasteiger partial charge in [-0.05, 0) is 26.7 Å². The third-order valence-corrected chi connectivity index (χ3v) is 3.51. The Bertz CT molecular complexity index is 313. The van der Waals surface area contributed by atoms with Crippen LogP contribution in [0.15, 0.2) is 12.4 Å². The van der Waals surface area contributed by atoms with Crippen LogP contribution in [-0.4, -0.2) is 4.57 Å². The highest BCUT2D eigenvalue weighted by Crippen LogP contribution is 2.07. The van der Waals surface area contributed by atoms with Gasteiger partial charge in [0.2, 0.25) is 0 Å². The predicted molar refractivity (Wildman–Crippen MR) is 73.1 cm³/mol. The second-order valence-corrected chi connectivity index (χ2v) is 5.31. The molecule has 0 saturated heterocycles. The number of hydrogen-bond acceptors (Lipinski definition) is 0. The Morgan fingerprint density at radius 3 is 2.35 bits per heavy atom. The van der Waals surface area contributed by atoms with Crippen molar-refractivity contribution in [2.75, 3.05) is 0 Å². The maximum absolute atomic E-state index is 2.39. The number of hydrogen-bond donors (Lipinski definition) is 0. The molecule has 0 aliphatic carbocycles. The lowest BCUT2D eigenvalue weighted by atomic mass is 10.1. The van der Waals surface area contributed by atoms with Crippen LogP contribution in [0.25, 0.3) is 0 Å². The van der Waals surface area contributed by atoms with Crippen molar-refractivity contribution >= 4 is 0 Å².